The van der Waals surface area contributed by atoms with Crippen LogP contribution in [0, 0.1) is 0 Å². The molecule has 2 rings (SSSR count). The Morgan fingerprint density at radius 2 is 1.89 bits per heavy atom. The predicted octanol–water partition coefficient (Wildman–Crippen LogP) is 4.59. The number of halogens is 2. The first-order valence-electron chi connectivity index (χ1n) is 5.88. The van der Waals surface area contributed by atoms with Gasteiger partial charge in [-0.05, 0) is 30.7 Å². The van der Waals surface area contributed by atoms with Crippen LogP contribution in [-0.2, 0) is 0 Å². The van der Waals surface area contributed by atoms with E-state index < -0.39 is 0 Å². The summed E-state index contributed by atoms with van der Waals surface area (Å²) in [7, 11) is 0. The number of rotatable bonds is 3. The molecule has 98 valence electrons. The lowest BCUT2D eigenvalue weighted by Crippen LogP contribution is -2.26. The first kappa shape index (κ1) is 14.1. The minimum atomic E-state index is -0.139. The maximum atomic E-state index is 12.1. The van der Waals surface area contributed by atoms with Gasteiger partial charge < -0.3 is 5.32 Å². The Morgan fingerprint density at radius 3 is 2.53 bits per heavy atom. The Labute approximate surface area is 125 Å². The van der Waals surface area contributed by atoms with E-state index in [9.17, 15) is 4.79 Å². The van der Waals surface area contributed by atoms with Crippen molar-refractivity contribution in [2.45, 2.75) is 13.0 Å². The maximum Gasteiger partial charge on any atom is 0.251 e. The molecule has 4 heteroatoms. The molecule has 0 saturated heterocycles. The van der Waals surface area contributed by atoms with Crippen molar-refractivity contribution in [3.05, 3.63) is 69.2 Å². The van der Waals surface area contributed by atoms with Gasteiger partial charge >= 0.3 is 0 Å². The molecular weight excluding hydrogens is 326 g/mol. The third-order valence-electron chi connectivity index (χ3n) is 2.77. The lowest BCUT2D eigenvalue weighted by molar-refractivity contribution is 0.0940. The fourth-order valence-electron chi connectivity index (χ4n) is 1.79. The molecule has 0 saturated carbocycles. The van der Waals surface area contributed by atoms with Crippen molar-refractivity contribution in [1.29, 1.82) is 0 Å². The standard InChI is InChI=1S/C15H13BrClNO/c1-10(11-5-3-2-4-6-11)18-15(19)12-7-13(16)9-14(17)8-12/h2-10H,1H3,(H,18,19). The topological polar surface area (TPSA) is 29.1 Å². The van der Waals surface area contributed by atoms with Gasteiger partial charge in [-0.15, -0.1) is 0 Å². The summed E-state index contributed by atoms with van der Waals surface area (Å²) in [6, 6.07) is 14.9. The van der Waals surface area contributed by atoms with E-state index in [1.165, 1.54) is 0 Å². The summed E-state index contributed by atoms with van der Waals surface area (Å²) in [5.41, 5.74) is 1.61. The monoisotopic (exact) mass is 337 g/mol. The molecule has 0 aliphatic rings. The SMILES string of the molecule is CC(NC(=O)c1cc(Cl)cc(Br)c1)c1ccccc1. The summed E-state index contributed by atoms with van der Waals surface area (Å²) < 4.78 is 0.789. The van der Waals surface area contributed by atoms with Crippen molar-refractivity contribution < 1.29 is 4.79 Å². The Balaban J connectivity index is 2.13. The molecule has 2 aromatic carbocycles. The van der Waals surface area contributed by atoms with Crippen LogP contribution in [0.2, 0.25) is 5.02 Å². The Morgan fingerprint density at radius 1 is 1.21 bits per heavy atom. The fourth-order valence-corrected chi connectivity index (χ4v) is 2.65. The van der Waals surface area contributed by atoms with Crippen molar-refractivity contribution in [3.63, 3.8) is 0 Å². The van der Waals surface area contributed by atoms with Crippen molar-refractivity contribution in [2.24, 2.45) is 0 Å². The quantitative estimate of drug-likeness (QED) is 0.871. The zero-order chi connectivity index (χ0) is 13.8. The summed E-state index contributed by atoms with van der Waals surface area (Å²) >= 11 is 9.27. The van der Waals surface area contributed by atoms with Crippen molar-refractivity contribution in [3.8, 4) is 0 Å². The highest BCUT2D eigenvalue weighted by atomic mass is 79.9. The van der Waals surface area contributed by atoms with Gasteiger partial charge in [0.15, 0.2) is 0 Å². The van der Waals surface area contributed by atoms with Gasteiger partial charge in [0.1, 0.15) is 0 Å². The summed E-state index contributed by atoms with van der Waals surface area (Å²) in [5, 5.41) is 3.48. The van der Waals surface area contributed by atoms with Crippen LogP contribution in [0.25, 0.3) is 0 Å². The van der Waals surface area contributed by atoms with Gasteiger partial charge in [-0.2, -0.15) is 0 Å². The minimum absolute atomic E-state index is 0.0496. The smallest absolute Gasteiger partial charge is 0.251 e. The van der Waals surface area contributed by atoms with Crippen LogP contribution in [0.3, 0.4) is 0 Å². The molecule has 2 nitrogen and oxygen atoms in total. The largest absolute Gasteiger partial charge is 0.346 e. The van der Waals surface area contributed by atoms with Crippen LogP contribution >= 0.6 is 27.5 Å². The molecule has 0 radical (unpaired) electrons. The molecule has 2 aromatic rings. The molecule has 0 aromatic heterocycles. The third kappa shape index (κ3) is 3.82. The van der Waals surface area contributed by atoms with Crippen molar-refractivity contribution in [2.75, 3.05) is 0 Å². The number of hydrogen-bond donors (Lipinski definition) is 1. The Bertz CT molecular complexity index is 566. The van der Waals surface area contributed by atoms with E-state index in [0.717, 1.165) is 10.0 Å². The van der Waals surface area contributed by atoms with Crippen LogP contribution in [0.5, 0.6) is 0 Å². The summed E-state index contributed by atoms with van der Waals surface area (Å²) in [4.78, 5) is 12.1. The molecule has 0 spiro atoms. The Kier molecular flexibility index (Phi) is 4.61. The molecule has 0 bridgehead atoms. The van der Waals surface area contributed by atoms with Gasteiger partial charge in [-0.3, -0.25) is 4.79 Å². The average Bonchev–Trinajstić information content (AvgIpc) is 2.38. The molecule has 19 heavy (non-hydrogen) atoms. The molecule has 1 N–H and O–H groups in total. The van der Waals surface area contributed by atoms with Crippen molar-refractivity contribution >= 4 is 33.4 Å². The van der Waals surface area contributed by atoms with Gasteiger partial charge in [0.25, 0.3) is 5.91 Å². The third-order valence-corrected chi connectivity index (χ3v) is 3.45. The van der Waals surface area contributed by atoms with E-state index in [1.54, 1.807) is 18.2 Å². The van der Waals surface area contributed by atoms with E-state index in [2.05, 4.69) is 21.2 Å². The van der Waals surface area contributed by atoms with E-state index in [1.807, 2.05) is 37.3 Å². The lowest BCUT2D eigenvalue weighted by Gasteiger charge is -2.14. The second-order valence-electron chi connectivity index (χ2n) is 4.26. The van der Waals surface area contributed by atoms with Crippen LogP contribution in [0.15, 0.2) is 53.0 Å². The molecule has 0 aliphatic carbocycles. The number of carbonyl (C=O) groups excluding carboxylic acids is 1. The fraction of sp³-hybridized carbons (Fsp3) is 0.133. The second-order valence-corrected chi connectivity index (χ2v) is 5.62. The molecule has 0 fully saturated rings. The van der Waals surface area contributed by atoms with Gasteiger partial charge in [0.2, 0.25) is 0 Å². The molecule has 1 unspecified atom stereocenters. The first-order chi connectivity index (χ1) is 9.06. The number of hydrogen-bond acceptors (Lipinski definition) is 1. The number of benzene rings is 2. The minimum Gasteiger partial charge on any atom is -0.346 e. The van der Waals surface area contributed by atoms with Crippen molar-refractivity contribution in [1.82, 2.24) is 5.32 Å². The number of amides is 1. The van der Waals surface area contributed by atoms with Crippen LogP contribution in [0.1, 0.15) is 28.9 Å². The number of carbonyl (C=O) groups is 1. The summed E-state index contributed by atoms with van der Waals surface area (Å²) in [5.74, 6) is -0.139. The van der Waals surface area contributed by atoms with Crippen LogP contribution in [-0.4, -0.2) is 5.91 Å². The van der Waals surface area contributed by atoms with Gasteiger partial charge in [-0.1, -0.05) is 57.9 Å². The highest BCUT2D eigenvalue weighted by Gasteiger charge is 2.12. The van der Waals surface area contributed by atoms with E-state index in [-0.39, 0.29) is 11.9 Å². The van der Waals surface area contributed by atoms with Gasteiger partial charge in [-0.25, -0.2) is 0 Å². The molecule has 0 heterocycles. The predicted molar refractivity (Wildman–Crippen MR) is 81.5 cm³/mol. The lowest BCUT2D eigenvalue weighted by atomic mass is 10.1. The summed E-state index contributed by atoms with van der Waals surface area (Å²) in [6.45, 7) is 1.95. The van der Waals surface area contributed by atoms with E-state index in [4.69, 9.17) is 11.6 Å². The zero-order valence-corrected chi connectivity index (χ0v) is 12.7. The summed E-state index contributed by atoms with van der Waals surface area (Å²) in [6.07, 6.45) is 0. The van der Waals surface area contributed by atoms with Gasteiger partial charge in [0, 0.05) is 15.1 Å². The van der Waals surface area contributed by atoms with E-state index >= 15 is 0 Å². The highest BCUT2D eigenvalue weighted by molar-refractivity contribution is 9.10. The normalized spacial score (nSPS) is 11.9. The average molecular weight is 339 g/mol. The van der Waals surface area contributed by atoms with Gasteiger partial charge in [0.05, 0.1) is 6.04 Å². The highest BCUT2D eigenvalue weighted by Crippen LogP contribution is 2.20. The van der Waals surface area contributed by atoms with Crippen LogP contribution < -0.4 is 5.32 Å². The Hall–Kier alpha value is -1.32. The molecule has 1 atom stereocenters. The second kappa shape index (κ2) is 6.22. The molecule has 0 aliphatic heterocycles. The molecule has 1 amide bonds. The van der Waals surface area contributed by atoms with E-state index in [0.29, 0.717) is 10.6 Å². The molecular formula is C15H13BrClNO. The maximum absolute atomic E-state index is 12.1. The first-order valence-corrected chi connectivity index (χ1v) is 7.05. The van der Waals surface area contributed by atoms with Crippen LogP contribution in [0.4, 0.5) is 0 Å². The number of nitrogens with one attached hydrogen (secondary N) is 1. The zero-order valence-electron chi connectivity index (χ0n) is 10.4.